The number of rotatable bonds is 8. The molecule has 0 aliphatic carbocycles. The molecule has 1 aromatic heterocycles. The minimum absolute atomic E-state index is 0.0934. The highest BCUT2D eigenvalue weighted by Gasteiger charge is 2.17. The number of aryl methyl sites for hydroxylation is 2. The fraction of sp³-hybridized carbons (Fsp3) is 0.160. The van der Waals surface area contributed by atoms with Crippen molar-refractivity contribution in [3.63, 3.8) is 0 Å². The zero-order chi connectivity index (χ0) is 21.6. The van der Waals surface area contributed by atoms with Crippen LogP contribution in [-0.4, -0.2) is 26.3 Å². The van der Waals surface area contributed by atoms with E-state index in [-0.39, 0.29) is 5.78 Å². The van der Waals surface area contributed by atoms with Crippen LogP contribution in [0.2, 0.25) is 0 Å². The van der Waals surface area contributed by atoms with Crippen molar-refractivity contribution in [3.8, 4) is 5.69 Å². The number of ketones is 1. The lowest BCUT2D eigenvalue weighted by Gasteiger charge is -2.10. The standard InChI is InChI=1S/C25H23N3OS2/c1-18-13-14-20(15-19(18)2)23(29)16-31-25-27-26-24(17-30-22-11-7-4-8-12-22)28(25)21-9-5-3-6-10-21/h3-15H,16-17H2,1-2H3. The van der Waals surface area contributed by atoms with Crippen molar-refractivity contribution in [3.05, 3.63) is 101 Å². The van der Waals surface area contributed by atoms with Crippen LogP contribution < -0.4 is 0 Å². The Kier molecular flexibility index (Phi) is 6.89. The van der Waals surface area contributed by atoms with Crippen LogP contribution in [0.3, 0.4) is 0 Å². The molecule has 0 radical (unpaired) electrons. The van der Waals surface area contributed by atoms with Crippen LogP contribution in [-0.2, 0) is 5.75 Å². The number of hydrogen-bond acceptors (Lipinski definition) is 5. The summed E-state index contributed by atoms with van der Waals surface area (Å²) in [6, 6.07) is 26.2. The van der Waals surface area contributed by atoms with E-state index in [1.165, 1.54) is 22.2 Å². The van der Waals surface area contributed by atoms with Crippen LogP contribution in [0.1, 0.15) is 27.3 Å². The van der Waals surface area contributed by atoms with Gasteiger partial charge >= 0.3 is 0 Å². The van der Waals surface area contributed by atoms with Crippen molar-refractivity contribution in [2.75, 3.05) is 5.75 Å². The summed E-state index contributed by atoms with van der Waals surface area (Å²) in [7, 11) is 0. The van der Waals surface area contributed by atoms with Crippen LogP contribution in [0.4, 0.5) is 0 Å². The molecule has 0 amide bonds. The van der Waals surface area contributed by atoms with Gasteiger partial charge in [0.05, 0.1) is 11.5 Å². The van der Waals surface area contributed by atoms with E-state index in [2.05, 4.69) is 29.3 Å². The first kappa shape index (κ1) is 21.4. The molecule has 4 aromatic rings. The molecule has 31 heavy (non-hydrogen) atoms. The van der Waals surface area contributed by atoms with E-state index < -0.39 is 0 Å². The summed E-state index contributed by atoms with van der Waals surface area (Å²) in [4.78, 5) is 13.9. The van der Waals surface area contributed by atoms with Crippen molar-refractivity contribution in [1.82, 2.24) is 14.8 Å². The van der Waals surface area contributed by atoms with Crippen molar-refractivity contribution in [1.29, 1.82) is 0 Å². The summed E-state index contributed by atoms with van der Waals surface area (Å²) in [5.74, 6) is 1.97. The highest BCUT2D eigenvalue weighted by Crippen LogP contribution is 2.27. The number of aromatic nitrogens is 3. The van der Waals surface area contributed by atoms with Crippen molar-refractivity contribution in [2.45, 2.75) is 29.7 Å². The summed E-state index contributed by atoms with van der Waals surface area (Å²) in [6.45, 7) is 4.08. The molecule has 4 nitrogen and oxygen atoms in total. The number of hydrogen-bond donors (Lipinski definition) is 0. The van der Waals surface area contributed by atoms with E-state index in [0.29, 0.717) is 11.5 Å². The molecule has 6 heteroatoms. The van der Waals surface area contributed by atoms with Gasteiger partial charge in [0.25, 0.3) is 0 Å². The van der Waals surface area contributed by atoms with E-state index in [4.69, 9.17) is 0 Å². The molecule has 0 fully saturated rings. The first-order chi connectivity index (χ1) is 15.1. The monoisotopic (exact) mass is 445 g/mol. The molecule has 0 saturated heterocycles. The van der Waals surface area contributed by atoms with Crippen molar-refractivity contribution in [2.24, 2.45) is 0 Å². The normalized spacial score (nSPS) is 10.9. The minimum atomic E-state index is 0.0934. The van der Waals surface area contributed by atoms with Gasteiger partial charge in [0, 0.05) is 16.1 Å². The van der Waals surface area contributed by atoms with E-state index >= 15 is 0 Å². The topological polar surface area (TPSA) is 47.8 Å². The second-order valence-corrected chi connectivity index (χ2v) is 9.17. The maximum atomic E-state index is 12.8. The Bertz CT molecular complexity index is 1170. The van der Waals surface area contributed by atoms with Gasteiger partial charge < -0.3 is 0 Å². The molecular weight excluding hydrogens is 422 g/mol. The zero-order valence-corrected chi connectivity index (χ0v) is 19.1. The van der Waals surface area contributed by atoms with E-state index in [0.717, 1.165) is 27.8 Å². The SMILES string of the molecule is Cc1ccc(C(=O)CSc2nnc(CSc3ccccc3)n2-c2ccccc2)cc1C. The molecule has 1 heterocycles. The maximum absolute atomic E-state index is 12.8. The third-order valence-electron chi connectivity index (χ3n) is 4.99. The van der Waals surface area contributed by atoms with Gasteiger partial charge in [0.15, 0.2) is 10.9 Å². The van der Waals surface area contributed by atoms with Gasteiger partial charge in [-0.15, -0.1) is 22.0 Å². The number of nitrogens with zero attached hydrogens (tertiary/aromatic N) is 3. The van der Waals surface area contributed by atoms with Crippen molar-refractivity contribution >= 4 is 29.3 Å². The van der Waals surface area contributed by atoms with Crippen LogP contribution in [0.25, 0.3) is 5.69 Å². The largest absolute Gasteiger partial charge is 0.293 e. The number of benzene rings is 3. The molecule has 0 unspecified atom stereocenters. The molecule has 0 saturated carbocycles. The van der Waals surface area contributed by atoms with Gasteiger partial charge in [-0.25, -0.2) is 0 Å². The molecule has 3 aromatic carbocycles. The summed E-state index contributed by atoms with van der Waals surface area (Å²) >= 11 is 3.15. The summed E-state index contributed by atoms with van der Waals surface area (Å²) in [5, 5.41) is 9.59. The highest BCUT2D eigenvalue weighted by atomic mass is 32.2. The number of carbonyl (C=O) groups is 1. The Balaban J connectivity index is 1.54. The summed E-state index contributed by atoms with van der Waals surface area (Å²) in [6.07, 6.45) is 0. The lowest BCUT2D eigenvalue weighted by Crippen LogP contribution is -2.06. The van der Waals surface area contributed by atoms with Gasteiger partial charge in [-0.05, 0) is 55.3 Å². The Morgan fingerprint density at radius 2 is 1.55 bits per heavy atom. The predicted molar refractivity (Wildman–Crippen MR) is 128 cm³/mol. The van der Waals surface area contributed by atoms with Gasteiger partial charge in [0.1, 0.15) is 5.82 Å². The highest BCUT2D eigenvalue weighted by molar-refractivity contribution is 7.99. The Hall–Kier alpha value is -2.83. The van der Waals surface area contributed by atoms with Gasteiger partial charge in [-0.2, -0.15) is 0 Å². The number of Topliss-reactive ketones (excluding diaryl/α,β-unsaturated/α-hetero) is 1. The van der Waals surface area contributed by atoms with E-state index in [1.807, 2.05) is 78.2 Å². The fourth-order valence-electron chi connectivity index (χ4n) is 3.12. The third-order valence-corrected chi connectivity index (χ3v) is 6.92. The molecule has 4 rings (SSSR count). The third kappa shape index (κ3) is 5.27. The molecule has 156 valence electrons. The molecule has 0 aliphatic heterocycles. The fourth-order valence-corrected chi connectivity index (χ4v) is 4.81. The maximum Gasteiger partial charge on any atom is 0.196 e. The summed E-state index contributed by atoms with van der Waals surface area (Å²) in [5.41, 5.74) is 4.05. The van der Waals surface area contributed by atoms with Crippen LogP contribution in [0, 0.1) is 13.8 Å². The van der Waals surface area contributed by atoms with Crippen LogP contribution in [0.15, 0.2) is 88.9 Å². The average Bonchev–Trinajstić information content (AvgIpc) is 3.22. The predicted octanol–water partition coefficient (Wildman–Crippen LogP) is 6.15. The van der Waals surface area contributed by atoms with E-state index in [1.54, 1.807) is 11.8 Å². The molecule has 0 aliphatic rings. The molecule has 0 bridgehead atoms. The second kappa shape index (κ2) is 9.98. The quantitative estimate of drug-likeness (QED) is 0.240. The zero-order valence-electron chi connectivity index (χ0n) is 17.5. The van der Waals surface area contributed by atoms with Gasteiger partial charge in [0.2, 0.25) is 0 Å². The first-order valence-electron chi connectivity index (χ1n) is 10.0. The molecule has 0 spiro atoms. The lowest BCUT2D eigenvalue weighted by molar-refractivity contribution is 0.102. The smallest absolute Gasteiger partial charge is 0.196 e. The van der Waals surface area contributed by atoms with Crippen LogP contribution >= 0.6 is 23.5 Å². The van der Waals surface area contributed by atoms with Gasteiger partial charge in [-0.3, -0.25) is 9.36 Å². The number of carbonyl (C=O) groups excluding carboxylic acids is 1. The molecular formula is C25H23N3OS2. The first-order valence-corrected chi connectivity index (χ1v) is 12.0. The molecule has 0 N–H and O–H groups in total. The Labute approximate surface area is 191 Å². The minimum Gasteiger partial charge on any atom is -0.293 e. The lowest BCUT2D eigenvalue weighted by atomic mass is 10.0. The van der Waals surface area contributed by atoms with Crippen molar-refractivity contribution < 1.29 is 4.79 Å². The Morgan fingerprint density at radius 1 is 0.839 bits per heavy atom. The van der Waals surface area contributed by atoms with E-state index in [9.17, 15) is 4.79 Å². The number of thioether (sulfide) groups is 2. The average molecular weight is 446 g/mol. The van der Waals surface area contributed by atoms with Gasteiger partial charge in [-0.1, -0.05) is 60.3 Å². The second-order valence-electron chi connectivity index (χ2n) is 7.18. The number of para-hydroxylation sites is 1. The molecule has 0 atom stereocenters. The Morgan fingerprint density at radius 3 is 2.26 bits per heavy atom. The summed E-state index contributed by atoms with van der Waals surface area (Å²) < 4.78 is 2.05. The van der Waals surface area contributed by atoms with Crippen LogP contribution in [0.5, 0.6) is 0 Å².